The minimum atomic E-state index is -0.195. The Hall–Kier alpha value is -4.06. The molecule has 0 fully saturated rings. The van der Waals surface area contributed by atoms with E-state index in [4.69, 9.17) is 4.74 Å². The van der Waals surface area contributed by atoms with Gasteiger partial charge >= 0.3 is 0 Å². The number of ether oxygens (including phenoxy) is 1. The average Bonchev–Trinajstić information content (AvgIpc) is 3.25. The molecule has 6 nitrogen and oxygen atoms in total. The van der Waals surface area contributed by atoms with E-state index >= 15 is 0 Å². The number of imidazole rings is 1. The Morgan fingerprint density at radius 2 is 1.62 bits per heavy atom. The molecule has 1 atom stereocenters. The molecule has 4 aromatic rings. The van der Waals surface area contributed by atoms with E-state index in [-0.39, 0.29) is 12.1 Å². The molecule has 4 rings (SSSR count). The SMILES string of the molecule is Cc1nccn1-c1ccc(C(=O)NC(C)N(C)c2ccc(Oc3ccccc3)cc2)cc1. The second-order valence-corrected chi connectivity index (χ2v) is 7.56. The van der Waals surface area contributed by atoms with Gasteiger partial charge < -0.3 is 19.5 Å². The van der Waals surface area contributed by atoms with E-state index in [2.05, 4.69) is 10.3 Å². The van der Waals surface area contributed by atoms with Crippen LogP contribution in [-0.4, -0.2) is 28.7 Å². The fourth-order valence-corrected chi connectivity index (χ4v) is 3.39. The third-order valence-corrected chi connectivity index (χ3v) is 5.38. The third kappa shape index (κ3) is 4.81. The van der Waals surface area contributed by atoms with Gasteiger partial charge in [0.25, 0.3) is 5.91 Å². The lowest BCUT2D eigenvalue weighted by Crippen LogP contribution is -2.44. The molecule has 0 saturated carbocycles. The van der Waals surface area contributed by atoms with Crippen LogP contribution in [0.3, 0.4) is 0 Å². The van der Waals surface area contributed by atoms with E-state index in [9.17, 15) is 4.79 Å². The largest absolute Gasteiger partial charge is 0.457 e. The number of nitrogens with one attached hydrogen (secondary N) is 1. The van der Waals surface area contributed by atoms with Crippen molar-refractivity contribution in [1.29, 1.82) is 0 Å². The molecule has 162 valence electrons. The first-order valence-electron chi connectivity index (χ1n) is 10.5. The molecule has 1 heterocycles. The van der Waals surface area contributed by atoms with Gasteiger partial charge in [-0.1, -0.05) is 18.2 Å². The predicted molar refractivity (Wildman–Crippen MR) is 127 cm³/mol. The quantitative estimate of drug-likeness (QED) is 0.414. The Morgan fingerprint density at radius 1 is 0.969 bits per heavy atom. The van der Waals surface area contributed by atoms with Gasteiger partial charge in [-0.25, -0.2) is 4.98 Å². The highest BCUT2D eigenvalue weighted by molar-refractivity contribution is 5.94. The van der Waals surface area contributed by atoms with E-state index in [1.807, 2.05) is 115 Å². The molecule has 0 radical (unpaired) electrons. The van der Waals surface area contributed by atoms with Gasteiger partial charge in [0.2, 0.25) is 0 Å². The number of hydrogen-bond acceptors (Lipinski definition) is 4. The molecule has 1 amide bonds. The number of para-hydroxylation sites is 1. The average molecular weight is 427 g/mol. The summed E-state index contributed by atoms with van der Waals surface area (Å²) in [6.07, 6.45) is 3.46. The van der Waals surface area contributed by atoms with Crippen LogP contribution < -0.4 is 15.0 Å². The molecule has 3 aromatic carbocycles. The molecule has 1 unspecified atom stereocenters. The first-order valence-corrected chi connectivity index (χ1v) is 10.5. The lowest BCUT2D eigenvalue weighted by molar-refractivity contribution is 0.0940. The first-order chi connectivity index (χ1) is 15.5. The lowest BCUT2D eigenvalue weighted by Gasteiger charge is -2.28. The van der Waals surface area contributed by atoms with Gasteiger partial charge in [0.05, 0.1) is 6.17 Å². The molecule has 0 saturated heterocycles. The second kappa shape index (κ2) is 9.39. The zero-order valence-electron chi connectivity index (χ0n) is 18.4. The number of amides is 1. The summed E-state index contributed by atoms with van der Waals surface area (Å²) in [4.78, 5) is 19.0. The van der Waals surface area contributed by atoms with Crippen molar-refractivity contribution in [2.75, 3.05) is 11.9 Å². The molecule has 0 aliphatic heterocycles. The Bertz CT molecular complexity index is 1170. The van der Waals surface area contributed by atoms with Gasteiger partial charge in [0.15, 0.2) is 0 Å². The van der Waals surface area contributed by atoms with Crippen molar-refractivity contribution in [2.45, 2.75) is 20.0 Å². The maximum Gasteiger partial charge on any atom is 0.252 e. The maximum atomic E-state index is 12.7. The van der Waals surface area contributed by atoms with E-state index in [1.165, 1.54) is 0 Å². The third-order valence-electron chi connectivity index (χ3n) is 5.38. The van der Waals surface area contributed by atoms with Gasteiger partial charge in [0, 0.05) is 36.4 Å². The minimum absolute atomic E-state index is 0.123. The number of benzene rings is 3. The number of rotatable bonds is 7. The Labute approximate surface area is 188 Å². The summed E-state index contributed by atoms with van der Waals surface area (Å²) in [5.74, 6) is 2.33. The smallest absolute Gasteiger partial charge is 0.252 e. The highest BCUT2D eigenvalue weighted by atomic mass is 16.5. The summed E-state index contributed by atoms with van der Waals surface area (Å²) in [5.41, 5.74) is 2.56. The molecule has 0 bridgehead atoms. The maximum absolute atomic E-state index is 12.7. The van der Waals surface area contributed by atoms with Gasteiger partial charge in [0.1, 0.15) is 17.3 Å². The highest BCUT2D eigenvalue weighted by Crippen LogP contribution is 2.24. The summed E-state index contributed by atoms with van der Waals surface area (Å²) >= 11 is 0. The van der Waals surface area contributed by atoms with Crippen LogP contribution in [0.15, 0.2) is 91.3 Å². The van der Waals surface area contributed by atoms with Crippen molar-refractivity contribution in [3.63, 3.8) is 0 Å². The van der Waals surface area contributed by atoms with Crippen molar-refractivity contribution < 1.29 is 9.53 Å². The Balaban J connectivity index is 1.37. The molecule has 1 N–H and O–H groups in total. The lowest BCUT2D eigenvalue weighted by atomic mass is 10.2. The summed E-state index contributed by atoms with van der Waals surface area (Å²) in [6, 6.07) is 25.0. The Kier molecular flexibility index (Phi) is 6.22. The van der Waals surface area contributed by atoms with Crippen molar-refractivity contribution >= 4 is 11.6 Å². The van der Waals surface area contributed by atoms with Crippen LogP contribution in [0.1, 0.15) is 23.1 Å². The number of anilines is 1. The number of hydrogen-bond donors (Lipinski definition) is 1. The fraction of sp³-hybridized carbons (Fsp3) is 0.154. The molecule has 0 spiro atoms. The van der Waals surface area contributed by atoms with Crippen molar-refractivity contribution in [1.82, 2.24) is 14.9 Å². The molecule has 32 heavy (non-hydrogen) atoms. The number of aryl methyl sites for hydroxylation is 1. The van der Waals surface area contributed by atoms with Crippen LogP contribution in [-0.2, 0) is 0 Å². The van der Waals surface area contributed by atoms with Crippen molar-refractivity contribution in [3.05, 3.63) is 103 Å². The van der Waals surface area contributed by atoms with Crippen molar-refractivity contribution in [3.8, 4) is 17.2 Å². The van der Waals surface area contributed by atoms with E-state index in [1.54, 1.807) is 6.20 Å². The van der Waals surface area contributed by atoms with Crippen LogP contribution >= 0.6 is 0 Å². The second-order valence-electron chi connectivity index (χ2n) is 7.56. The summed E-state index contributed by atoms with van der Waals surface area (Å²) < 4.78 is 7.82. The molecule has 0 aliphatic rings. The standard InChI is InChI=1S/C26H26N4O2/c1-19-27-17-18-30(19)23-11-9-21(10-12-23)26(31)28-20(2)29(3)22-13-15-25(16-14-22)32-24-7-5-4-6-8-24/h4-18,20H,1-3H3,(H,28,31). The topological polar surface area (TPSA) is 59.4 Å². The van der Waals surface area contributed by atoms with Crippen LogP contribution in [0.2, 0.25) is 0 Å². The highest BCUT2D eigenvalue weighted by Gasteiger charge is 2.15. The zero-order valence-corrected chi connectivity index (χ0v) is 18.4. The fourth-order valence-electron chi connectivity index (χ4n) is 3.39. The molecular weight excluding hydrogens is 400 g/mol. The number of aromatic nitrogens is 2. The zero-order chi connectivity index (χ0) is 22.5. The van der Waals surface area contributed by atoms with Crippen LogP contribution in [0.25, 0.3) is 5.69 Å². The Morgan fingerprint density at radius 3 is 2.25 bits per heavy atom. The monoisotopic (exact) mass is 426 g/mol. The summed E-state index contributed by atoms with van der Waals surface area (Å²) in [5, 5.41) is 3.05. The van der Waals surface area contributed by atoms with E-state index in [0.29, 0.717) is 5.56 Å². The predicted octanol–water partition coefficient (Wildman–Crippen LogP) is 5.19. The van der Waals surface area contributed by atoms with Crippen LogP contribution in [0.5, 0.6) is 11.5 Å². The van der Waals surface area contributed by atoms with Gasteiger partial charge in [-0.3, -0.25) is 4.79 Å². The first kappa shape index (κ1) is 21.2. The molecule has 0 aliphatic carbocycles. The summed E-state index contributed by atoms with van der Waals surface area (Å²) in [6.45, 7) is 3.90. The van der Waals surface area contributed by atoms with Crippen LogP contribution in [0, 0.1) is 6.92 Å². The van der Waals surface area contributed by atoms with Crippen LogP contribution in [0.4, 0.5) is 5.69 Å². The van der Waals surface area contributed by atoms with Gasteiger partial charge in [-0.15, -0.1) is 0 Å². The van der Waals surface area contributed by atoms with Crippen molar-refractivity contribution in [2.24, 2.45) is 0 Å². The molecule has 6 heteroatoms. The minimum Gasteiger partial charge on any atom is -0.457 e. The number of carbonyl (C=O) groups is 1. The van der Waals surface area contributed by atoms with Gasteiger partial charge in [-0.2, -0.15) is 0 Å². The number of carbonyl (C=O) groups excluding carboxylic acids is 1. The molecular formula is C26H26N4O2. The normalized spacial score (nSPS) is 11.6. The van der Waals surface area contributed by atoms with E-state index < -0.39 is 0 Å². The number of nitrogens with zero attached hydrogens (tertiary/aromatic N) is 3. The van der Waals surface area contributed by atoms with E-state index in [0.717, 1.165) is 28.7 Å². The van der Waals surface area contributed by atoms with Gasteiger partial charge in [-0.05, 0) is 74.5 Å². The molecule has 1 aromatic heterocycles. The summed E-state index contributed by atoms with van der Waals surface area (Å²) in [7, 11) is 1.95.